The number of guanidine groups is 1. The number of hydrogen-bond acceptors (Lipinski definition) is 4. The lowest BCUT2D eigenvalue weighted by molar-refractivity contribution is 0.179. The maximum Gasteiger partial charge on any atom is 0.232 e. The van der Waals surface area contributed by atoms with Crippen molar-refractivity contribution in [2.45, 2.75) is 13.0 Å². The molecule has 1 aromatic rings. The van der Waals surface area contributed by atoms with E-state index in [0.717, 1.165) is 0 Å². The number of ether oxygens (including phenoxy) is 2. The fourth-order valence-corrected chi connectivity index (χ4v) is 1.55. The lowest BCUT2D eigenvalue weighted by Crippen LogP contribution is -2.40. The highest BCUT2D eigenvalue weighted by molar-refractivity contribution is 6.31. The van der Waals surface area contributed by atoms with Crippen molar-refractivity contribution < 1.29 is 9.47 Å². The second-order valence-corrected chi connectivity index (χ2v) is 4.31. The molecule has 1 rings (SSSR count). The first-order valence-corrected chi connectivity index (χ1v) is 6.30. The van der Waals surface area contributed by atoms with E-state index >= 15 is 0 Å². The lowest BCUT2D eigenvalue weighted by atomic mass is 10.4. The van der Waals surface area contributed by atoms with Crippen LogP contribution >= 0.6 is 11.6 Å². The highest BCUT2D eigenvalue weighted by Crippen LogP contribution is 2.19. The van der Waals surface area contributed by atoms with Crippen molar-refractivity contribution in [2.24, 2.45) is 10.7 Å². The molecule has 1 atom stereocenters. The molecule has 0 spiro atoms. The minimum absolute atomic E-state index is 0.111. The average molecular weight is 287 g/mol. The van der Waals surface area contributed by atoms with Crippen molar-refractivity contribution in [3.63, 3.8) is 0 Å². The maximum absolute atomic E-state index is 5.90. The third-order valence-electron chi connectivity index (χ3n) is 2.15. The number of rotatable bonds is 7. The van der Waals surface area contributed by atoms with Crippen LogP contribution in [0.15, 0.2) is 23.3 Å². The number of nitrogens with one attached hydrogen (secondary N) is 1. The van der Waals surface area contributed by atoms with Crippen molar-refractivity contribution in [3.8, 4) is 5.88 Å². The number of aromatic nitrogens is 1. The predicted octanol–water partition coefficient (Wildman–Crippen LogP) is 1.05. The molecule has 3 N–H and O–H groups in total. The van der Waals surface area contributed by atoms with Gasteiger partial charge in [0, 0.05) is 19.3 Å². The Labute approximate surface area is 118 Å². The summed E-state index contributed by atoms with van der Waals surface area (Å²) in [5, 5.41) is 3.47. The molecule has 0 saturated carbocycles. The van der Waals surface area contributed by atoms with Crippen LogP contribution in [0.25, 0.3) is 0 Å². The van der Waals surface area contributed by atoms with Crippen LogP contribution in [-0.2, 0) is 4.74 Å². The molecule has 0 radical (unpaired) electrons. The van der Waals surface area contributed by atoms with Gasteiger partial charge < -0.3 is 20.5 Å². The summed E-state index contributed by atoms with van der Waals surface area (Å²) in [6, 6.07) is 3.57. The molecule has 0 aliphatic carbocycles. The van der Waals surface area contributed by atoms with Crippen molar-refractivity contribution in [1.82, 2.24) is 10.3 Å². The van der Waals surface area contributed by atoms with Gasteiger partial charge in [0.05, 0.1) is 13.2 Å². The molecule has 0 bridgehead atoms. The Kier molecular flexibility index (Phi) is 6.99. The minimum atomic E-state index is 0.111. The molecule has 106 valence electrons. The van der Waals surface area contributed by atoms with Gasteiger partial charge in [-0.2, -0.15) is 0 Å². The van der Waals surface area contributed by atoms with E-state index in [-0.39, 0.29) is 6.04 Å². The van der Waals surface area contributed by atoms with Crippen molar-refractivity contribution in [3.05, 3.63) is 23.4 Å². The quantitative estimate of drug-likeness (QED) is 0.445. The van der Waals surface area contributed by atoms with Gasteiger partial charge in [-0.05, 0) is 19.1 Å². The normalized spacial score (nSPS) is 13.1. The van der Waals surface area contributed by atoms with E-state index in [2.05, 4.69) is 15.3 Å². The van der Waals surface area contributed by atoms with E-state index in [9.17, 15) is 0 Å². The first-order chi connectivity index (χ1) is 9.13. The zero-order valence-electron chi connectivity index (χ0n) is 11.1. The zero-order valence-corrected chi connectivity index (χ0v) is 11.9. The summed E-state index contributed by atoms with van der Waals surface area (Å²) in [7, 11) is 1.63. The summed E-state index contributed by atoms with van der Waals surface area (Å²) in [4.78, 5) is 8.12. The van der Waals surface area contributed by atoms with Gasteiger partial charge in [-0.25, -0.2) is 9.98 Å². The van der Waals surface area contributed by atoms with Crippen molar-refractivity contribution >= 4 is 17.6 Å². The monoisotopic (exact) mass is 286 g/mol. The van der Waals surface area contributed by atoms with Crippen LogP contribution in [0.5, 0.6) is 5.88 Å². The second kappa shape index (κ2) is 8.55. The van der Waals surface area contributed by atoms with Gasteiger partial charge >= 0.3 is 0 Å². The number of methoxy groups -OCH3 is 1. The highest BCUT2D eigenvalue weighted by atomic mass is 35.5. The fraction of sp³-hybridized carbons (Fsp3) is 0.500. The van der Waals surface area contributed by atoms with Gasteiger partial charge in [-0.15, -0.1) is 0 Å². The summed E-state index contributed by atoms with van der Waals surface area (Å²) >= 11 is 5.90. The van der Waals surface area contributed by atoms with Gasteiger partial charge in [-0.1, -0.05) is 11.6 Å². The van der Waals surface area contributed by atoms with Gasteiger partial charge in [0.2, 0.25) is 5.88 Å². The van der Waals surface area contributed by atoms with Crippen LogP contribution in [-0.4, -0.2) is 43.9 Å². The summed E-state index contributed by atoms with van der Waals surface area (Å²) in [6.45, 7) is 3.30. The molecule has 0 amide bonds. The van der Waals surface area contributed by atoms with E-state index in [0.29, 0.717) is 36.6 Å². The first kappa shape index (κ1) is 15.5. The van der Waals surface area contributed by atoms with Crippen molar-refractivity contribution in [1.29, 1.82) is 0 Å². The molecule has 6 nitrogen and oxygen atoms in total. The molecule has 7 heteroatoms. The number of pyridine rings is 1. The summed E-state index contributed by atoms with van der Waals surface area (Å²) < 4.78 is 10.4. The van der Waals surface area contributed by atoms with E-state index in [1.165, 1.54) is 0 Å². The van der Waals surface area contributed by atoms with Gasteiger partial charge in [-0.3, -0.25) is 0 Å². The third kappa shape index (κ3) is 6.26. The zero-order chi connectivity index (χ0) is 14.1. The fourth-order valence-electron chi connectivity index (χ4n) is 1.38. The van der Waals surface area contributed by atoms with Crippen LogP contribution < -0.4 is 15.8 Å². The molecule has 0 saturated heterocycles. The average Bonchev–Trinajstić information content (AvgIpc) is 2.36. The molecule has 1 aromatic heterocycles. The maximum atomic E-state index is 5.90. The highest BCUT2D eigenvalue weighted by Gasteiger charge is 2.02. The molecule has 0 aliphatic heterocycles. The minimum Gasteiger partial charge on any atom is -0.475 e. The number of nitrogens with zero attached hydrogens (tertiary/aromatic N) is 2. The molecule has 1 heterocycles. The lowest BCUT2D eigenvalue weighted by Gasteiger charge is -2.13. The third-order valence-corrected chi connectivity index (χ3v) is 2.44. The number of hydrogen-bond donors (Lipinski definition) is 2. The van der Waals surface area contributed by atoms with Crippen LogP contribution in [0.4, 0.5) is 0 Å². The molecule has 0 fully saturated rings. The predicted molar refractivity (Wildman–Crippen MR) is 75.7 cm³/mol. The van der Waals surface area contributed by atoms with E-state index in [1.807, 2.05) is 6.92 Å². The van der Waals surface area contributed by atoms with Crippen LogP contribution in [0.3, 0.4) is 0 Å². The smallest absolute Gasteiger partial charge is 0.232 e. The van der Waals surface area contributed by atoms with Gasteiger partial charge in [0.1, 0.15) is 11.6 Å². The molecule has 0 aliphatic rings. The standard InChI is InChI=1S/C12H19ClN4O2/c1-9(8-18-2)17-12(14)16-6-7-19-11-10(13)4-3-5-15-11/h3-5,9H,6-8H2,1-2H3,(H3,14,16,17). The van der Waals surface area contributed by atoms with Gasteiger partial charge in [0.25, 0.3) is 0 Å². The number of nitrogens with two attached hydrogens (primary N) is 1. The van der Waals surface area contributed by atoms with E-state index in [4.69, 9.17) is 26.8 Å². The Morgan fingerprint density at radius 3 is 3.11 bits per heavy atom. The van der Waals surface area contributed by atoms with Gasteiger partial charge in [0.15, 0.2) is 5.96 Å². The molecular formula is C12H19ClN4O2. The van der Waals surface area contributed by atoms with Crippen LogP contribution in [0, 0.1) is 0 Å². The van der Waals surface area contributed by atoms with Crippen LogP contribution in [0.2, 0.25) is 5.02 Å². The topological polar surface area (TPSA) is 81.8 Å². The molecular weight excluding hydrogens is 268 g/mol. The number of aliphatic imine (C=N–C) groups is 1. The van der Waals surface area contributed by atoms with E-state index < -0.39 is 0 Å². The largest absolute Gasteiger partial charge is 0.475 e. The SMILES string of the molecule is COCC(C)NC(N)=NCCOc1ncccc1Cl. The summed E-state index contributed by atoms with van der Waals surface area (Å²) in [5.41, 5.74) is 5.70. The Morgan fingerprint density at radius 2 is 2.42 bits per heavy atom. The van der Waals surface area contributed by atoms with Crippen molar-refractivity contribution in [2.75, 3.05) is 26.9 Å². The first-order valence-electron chi connectivity index (χ1n) is 5.92. The Morgan fingerprint density at radius 1 is 1.63 bits per heavy atom. The number of halogens is 1. The Bertz CT molecular complexity index is 414. The summed E-state index contributed by atoms with van der Waals surface area (Å²) in [6.07, 6.45) is 1.62. The Hall–Kier alpha value is -1.53. The second-order valence-electron chi connectivity index (χ2n) is 3.91. The molecule has 0 aromatic carbocycles. The summed E-state index contributed by atoms with van der Waals surface area (Å²) in [5.74, 6) is 0.763. The van der Waals surface area contributed by atoms with E-state index in [1.54, 1.807) is 25.4 Å². The Balaban J connectivity index is 2.28. The van der Waals surface area contributed by atoms with Crippen LogP contribution in [0.1, 0.15) is 6.92 Å². The molecule has 1 unspecified atom stereocenters. The molecule has 19 heavy (non-hydrogen) atoms.